The van der Waals surface area contributed by atoms with E-state index in [1.807, 2.05) is 4.90 Å². The Hall–Kier alpha value is -1.26. The molecule has 1 fully saturated rings. The van der Waals surface area contributed by atoms with E-state index in [2.05, 4.69) is 12.1 Å². The number of carbonyl (C=O) groups is 1. The number of piperidine rings is 1. The lowest BCUT2D eigenvalue weighted by Gasteiger charge is -2.32. The third-order valence-electron chi connectivity index (χ3n) is 3.55. The fourth-order valence-electron chi connectivity index (χ4n) is 2.39. The number of hydrogen-bond donors (Lipinski definition) is 2. The van der Waals surface area contributed by atoms with Crippen molar-refractivity contribution in [2.24, 2.45) is 16.8 Å². The first-order valence-electron chi connectivity index (χ1n) is 6.94. The Kier molecular flexibility index (Phi) is 6.54. The van der Waals surface area contributed by atoms with Crippen molar-refractivity contribution in [1.82, 2.24) is 4.90 Å². The fraction of sp³-hybridized carbons (Fsp3) is 0.846. The smallest absolute Gasteiger partial charge is 0.222 e. The second kappa shape index (κ2) is 7.95. The van der Waals surface area contributed by atoms with Crippen LogP contribution in [0.1, 0.15) is 51.9 Å². The largest absolute Gasteiger partial charge is 0.409 e. The van der Waals surface area contributed by atoms with Crippen molar-refractivity contribution in [3.05, 3.63) is 0 Å². The maximum Gasteiger partial charge on any atom is 0.222 e. The van der Waals surface area contributed by atoms with Crippen molar-refractivity contribution in [3.63, 3.8) is 0 Å². The molecule has 18 heavy (non-hydrogen) atoms. The van der Waals surface area contributed by atoms with E-state index in [4.69, 9.17) is 10.9 Å². The molecule has 0 aromatic carbocycles. The first-order valence-corrected chi connectivity index (χ1v) is 6.94. The molecule has 0 aromatic rings. The van der Waals surface area contributed by atoms with Gasteiger partial charge in [0.1, 0.15) is 5.84 Å². The van der Waals surface area contributed by atoms with Crippen molar-refractivity contribution < 1.29 is 10.0 Å². The SMILES string of the molecule is CCCCCCC(=O)N1CCCC(C(N)=NO)C1. The van der Waals surface area contributed by atoms with Crippen molar-refractivity contribution in [1.29, 1.82) is 0 Å². The monoisotopic (exact) mass is 255 g/mol. The second-order valence-electron chi connectivity index (χ2n) is 5.01. The molecule has 1 rings (SSSR count). The molecule has 5 heteroatoms. The van der Waals surface area contributed by atoms with Crippen LogP contribution in [0.2, 0.25) is 0 Å². The summed E-state index contributed by atoms with van der Waals surface area (Å²) in [5.41, 5.74) is 5.61. The third-order valence-corrected chi connectivity index (χ3v) is 3.55. The molecule has 1 heterocycles. The molecule has 1 aliphatic heterocycles. The lowest BCUT2D eigenvalue weighted by molar-refractivity contribution is -0.132. The predicted octanol–water partition coefficient (Wildman–Crippen LogP) is 1.94. The van der Waals surface area contributed by atoms with Gasteiger partial charge in [-0.05, 0) is 19.3 Å². The van der Waals surface area contributed by atoms with Gasteiger partial charge >= 0.3 is 0 Å². The van der Waals surface area contributed by atoms with E-state index in [0.29, 0.717) is 13.0 Å². The Morgan fingerprint density at radius 1 is 1.44 bits per heavy atom. The molecule has 0 radical (unpaired) electrons. The Morgan fingerprint density at radius 2 is 2.22 bits per heavy atom. The summed E-state index contributed by atoms with van der Waals surface area (Å²) in [6.45, 7) is 3.57. The minimum atomic E-state index is 0.0170. The van der Waals surface area contributed by atoms with Gasteiger partial charge in [0, 0.05) is 25.4 Å². The highest BCUT2D eigenvalue weighted by atomic mass is 16.4. The molecule has 0 bridgehead atoms. The summed E-state index contributed by atoms with van der Waals surface area (Å²) >= 11 is 0. The van der Waals surface area contributed by atoms with Gasteiger partial charge in [-0.15, -0.1) is 0 Å². The van der Waals surface area contributed by atoms with Crippen LogP contribution in [-0.2, 0) is 4.79 Å². The fourth-order valence-corrected chi connectivity index (χ4v) is 2.39. The van der Waals surface area contributed by atoms with Gasteiger partial charge in [0.05, 0.1) is 0 Å². The third kappa shape index (κ3) is 4.55. The van der Waals surface area contributed by atoms with Gasteiger partial charge in [-0.1, -0.05) is 31.3 Å². The van der Waals surface area contributed by atoms with Gasteiger partial charge in [0.2, 0.25) is 5.91 Å². The summed E-state index contributed by atoms with van der Waals surface area (Å²) in [7, 11) is 0. The number of nitrogens with two attached hydrogens (primary N) is 1. The molecule has 1 amide bonds. The summed E-state index contributed by atoms with van der Waals surface area (Å²) in [5, 5.41) is 11.7. The number of amidine groups is 1. The first kappa shape index (κ1) is 14.8. The maximum absolute atomic E-state index is 12.0. The molecule has 1 unspecified atom stereocenters. The molecule has 0 aliphatic carbocycles. The molecule has 1 saturated heterocycles. The number of unbranched alkanes of at least 4 members (excludes halogenated alkanes) is 3. The zero-order valence-electron chi connectivity index (χ0n) is 11.3. The lowest BCUT2D eigenvalue weighted by Crippen LogP contribution is -2.44. The van der Waals surface area contributed by atoms with Gasteiger partial charge in [-0.2, -0.15) is 0 Å². The molecular weight excluding hydrogens is 230 g/mol. The predicted molar refractivity (Wildman–Crippen MR) is 71.5 cm³/mol. The minimum absolute atomic E-state index is 0.0170. The van der Waals surface area contributed by atoms with Crippen molar-refractivity contribution in [3.8, 4) is 0 Å². The van der Waals surface area contributed by atoms with Crippen LogP contribution in [0.15, 0.2) is 5.16 Å². The summed E-state index contributed by atoms with van der Waals surface area (Å²) in [5.74, 6) is 0.475. The van der Waals surface area contributed by atoms with E-state index in [1.165, 1.54) is 12.8 Å². The van der Waals surface area contributed by atoms with E-state index < -0.39 is 0 Å². The molecule has 3 N–H and O–H groups in total. The number of hydrogen-bond acceptors (Lipinski definition) is 3. The Balaban J connectivity index is 2.34. The second-order valence-corrected chi connectivity index (χ2v) is 5.01. The van der Waals surface area contributed by atoms with E-state index in [0.717, 1.165) is 32.2 Å². The van der Waals surface area contributed by atoms with Crippen LogP contribution in [0.5, 0.6) is 0 Å². The van der Waals surface area contributed by atoms with Crippen LogP contribution in [0, 0.1) is 5.92 Å². The summed E-state index contributed by atoms with van der Waals surface area (Å²) in [6, 6.07) is 0. The highest BCUT2D eigenvalue weighted by Gasteiger charge is 2.25. The molecule has 0 aromatic heterocycles. The van der Waals surface area contributed by atoms with E-state index >= 15 is 0 Å². The van der Waals surface area contributed by atoms with Gasteiger partial charge < -0.3 is 15.8 Å². The van der Waals surface area contributed by atoms with Gasteiger partial charge in [0.15, 0.2) is 0 Å². The van der Waals surface area contributed by atoms with Gasteiger partial charge in [-0.25, -0.2) is 0 Å². The van der Waals surface area contributed by atoms with Crippen LogP contribution in [0.25, 0.3) is 0 Å². The number of oxime groups is 1. The van der Waals surface area contributed by atoms with Crippen molar-refractivity contribution in [2.75, 3.05) is 13.1 Å². The van der Waals surface area contributed by atoms with Crippen LogP contribution < -0.4 is 5.73 Å². The summed E-state index contributed by atoms with van der Waals surface area (Å²) in [4.78, 5) is 13.9. The molecule has 5 nitrogen and oxygen atoms in total. The standard InChI is InChI=1S/C13H25N3O2/c1-2-3-4-5-8-12(17)16-9-6-7-11(10-16)13(14)15-18/h11,18H,2-10H2,1H3,(H2,14,15). The summed E-state index contributed by atoms with van der Waals surface area (Å²) in [6.07, 6.45) is 6.93. The van der Waals surface area contributed by atoms with Gasteiger partial charge in [-0.3, -0.25) is 4.79 Å². The van der Waals surface area contributed by atoms with E-state index in [1.54, 1.807) is 0 Å². The Morgan fingerprint density at radius 3 is 2.89 bits per heavy atom. The minimum Gasteiger partial charge on any atom is -0.409 e. The molecule has 1 atom stereocenters. The van der Waals surface area contributed by atoms with Gasteiger partial charge in [0.25, 0.3) is 0 Å². The lowest BCUT2D eigenvalue weighted by atomic mass is 9.96. The average Bonchev–Trinajstić information content (AvgIpc) is 2.42. The number of rotatable bonds is 6. The zero-order valence-corrected chi connectivity index (χ0v) is 11.3. The van der Waals surface area contributed by atoms with Crippen molar-refractivity contribution in [2.45, 2.75) is 51.9 Å². The molecule has 104 valence electrons. The van der Waals surface area contributed by atoms with E-state index in [-0.39, 0.29) is 17.7 Å². The Bertz CT molecular complexity index is 292. The van der Waals surface area contributed by atoms with Crippen LogP contribution in [0.4, 0.5) is 0 Å². The Labute approximate surface area is 109 Å². The van der Waals surface area contributed by atoms with Crippen LogP contribution >= 0.6 is 0 Å². The zero-order chi connectivity index (χ0) is 13.4. The molecule has 0 saturated carbocycles. The molecular formula is C13H25N3O2. The topological polar surface area (TPSA) is 78.9 Å². The summed E-state index contributed by atoms with van der Waals surface area (Å²) < 4.78 is 0. The first-order chi connectivity index (χ1) is 8.69. The van der Waals surface area contributed by atoms with Crippen molar-refractivity contribution >= 4 is 11.7 Å². The average molecular weight is 255 g/mol. The quantitative estimate of drug-likeness (QED) is 0.250. The number of likely N-dealkylation sites (tertiary alicyclic amines) is 1. The number of amides is 1. The van der Waals surface area contributed by atoms with E-state index in [9.17, 15) is 4.79 Å². The molecule has 0 spiro atoms. The normalized spacial score (nSPS) is 21.1. The number of carbonyl (C=O) groups excluding carboxylic acids is 1. The maximum atomic E-state index is 12.0. The van der Waals surface area contributed by atoms with Crippen LogP contribution in [-0.4, -0.2) is 34.9 Å². The number of nitrogens with zero attached hydrogens (tertiary/aromatic N) is 2. The van der Waals surface area contributed by atoms with Crippen LogP contribution in [0.3, 0.4) is 0 Å². The highest BCUT2D eigenvalue weighted by Crippen LogP contribution is 2.18. The highest BCUT2D eigenvalue weighted by molar-refractivity contribution is 5.83. The molecule has 1 aliphatic rings.